The largest absolute Gasteiger partial charge is 0.295 e. The van der Waals surface area contributed by atoms with Gasteiger partial charge in [-0.25, -0.2) is 4.39 Å². The zero-order chi connectivity index (χ0) is 12.4. The van der Waals surface area contributed by atoms with Gasteiger partial charge in [0.15, 0.2) is 5.78 Å². The fourth-order valence-corrected chi connectivity index (χ4v) is 0.827. The molecule has 0 aromatic heterocycles. The molecule has 0 atom stereocenters. The van der Waals surface area contributed by atoms with Crippen LogP contribution >= 0.6 is 0 Å². The van der Waals surface area contributed by atoms with Crippen LogP contribution in [0.15, 0.2) is 35.7 Å². The lowest BCUT2D eigenvalue weighted by molar-refractivity contribution is -0.113. The normalized spacial score (nSPS) is 11.6. The number of hydrogen-bond acceptors (Lipinski definition) is 1. The second kappa shape index (κ2) is 9.38. The summed E-state index contributed by atoms with van der Waals surface area (Å²) in [5.74, 6) is -0.478. The first-order chi connectivity index (χ1) is 6.97. The first-order valence-corrected chi connectivity index (χ1v) is 5.21. The van der Waals surface area contributed by atoms with Gasteiger partial charge in [0, 0.05) is 0 Å². The maximum absolute atomic E-state index is 12.4. The molecule has 0 aromatic rings. The topological polar surface area (TPSA) is 17.1 Å². The number of Topliss-reactive ketones (excluding diaryl/α,β-unsaturated/α-hetero) is 1. The van der Waals surface area contributed by atoms with E-state index in [0.717, 1.165) is 5.57 Å². The molecule has 0 bridgehead atoms. The molecule has 1 nitrogen and oxygen atoms in total. The van der Waals surface area contributed by atoms with Gasteiger partial charge in [0.25, 0.3) is 0 Å². The maximum Gasteiger partial charge on any atom is 0.155 e. The molecular formula is C13H21FO. The molecule has 0 saturated heterocycles. The van der Waals surface area contributed by atoms with Crippen LogP contribution in [-0.4, -0.2) is 5.78 Å². The molecule has 0 heterocycles. The fraction of sp³-hybridized carbons (Fsp3) is 0.462. The molecule has 0 N–H and O–H groups in total. The number of carbonyl (C=O) groups excluding carboxylic acids is 1. The molecule has 15 heavy (non-hydrogen) atoms. The Labute approximate surface area is 92.4 Å². The van der Waals surface area contributed by atoms with Crippen molar-refractivity contribution < 1.29 is 9.18 Å². The highest BCUT2D eigenvalue weighted by atomic mass is 19.1. The van der Waals surface area contributed by atoms with Gasteiger partial charge in [-0.05, 0) is 37.5 Å². The van der Waals surface area contributed by atoms with Gasteiger partial charge in [0.1, 0.15) is 5.83 Å². The predicted molar refractivity (Wildman–Crippen MR) is 64.4 cm³/mol. The smallest absolute Gasteiger partial charge is 0.155 e. The molecule has 0 saturated carbocycles. The van der Waals surface area contributed by atoms with Crippen LogP contribution in [0.25, 0.3) is 0 Å². The molecule has 0 rings (SSSR count). The van der Waals surface area contributed by atoms with Crippen molar-refractivity contribution >= 4 is 5.78 Å². The quantitative estimate of drug-likeness (QED) is 0.499. The lowest BCUT2D eigenvalue weighted by Crippen LogP contribution is -1.92. The minimum atomic E-state index is -0.482. The van der Waals surface area contributed by atoms with Gasteiger partial charge in [0.05, 0.1) is 0 Å². The summed E-state index contributed by atoms with van der Waals surface area (Å²) in [4.78, 5) is 10.9. The average molecular weight is 212 g/mol. The van der Waals surface area contributed by atoms with E-state index in [1.165, 1.54) is 13.0 Å². The summed E-state index contributed by atoms with van der Waals surface area (Å²) >= 11 is 0. The zero-order valence-corrected chi connectivity index (χ0v) is 10.4. The second-order valence-electron chi connectivity index (χ2n) is 2.90. The molecule has 0 aliphatic rings. The van der Waals surface area contributed by atoms with Gasteiger partial charge in [-0.15, -0.1) is 0 Å². The van der Waals surface area contributed by atoms with Gasteiger partial charge in [0.2, 0.25) is 0 Å². The van der Waals surface area contributed by atoms with Crippen molar-refractivity contribution in [2.45, 2.75) is 41.0 Å². The van der Waals surface area contributed by atoms with Crippen LogP contribution in [0.2, 0.25) is 0 Å². The maximum atomic E-state index is 12.4. The van der Waals surface area contributed by atoms with Crippen LogP contribution < -0.4 is 0 Å². The Hall–Kier alpha value is -1.18. The molecule has 0 aliphatic heterocycles. The molecule has 0 fully saturated rings. The van der Waals surface area contributed by atoms with Crippen LogP contribution in [0.1, 0.15) is 41.0 Å². The number of allylic oxidation sites excluding steroid dienone is 5. The van der Waals surface area contributed by atoms with Gasteiger partial charge >= 0.3 is 0 Å². The van der Waals surface area contributed by atoms with Gasteiger partial charge < -0.3 is 0 Å². The van der Waals surface area contributed by atoms with Crippen LogP contribution in [0, 0.1) is 0 Å². The summed E-state index contributed by atoms with van der Waals surface area (Å²) < 4.78 is 12.4. The number of rotatable bonds is 4. The van der Waals surface area contributed by atoms with Gasteiger partial charge in [-0.1, -0.05) is 33.4 Å². The highest BCUT2D eigenvalue weighted by molar-refractivity contribution is 5.93. The molecule has 0 unspecified atom stereocenters. The minimum absolute atomic E-state index is 0.00354. The SMILES string of the molecule is C=C(F)/C=C(/C=C(\C)C(C)=O)CC.CC. The molecule has 0 aromatic carbocycles. The molecule has 0 spiro atoms. The first kappa shape index (κ1) is 16.3. The lowest BCUT2D eigenvalue weighted by Gasteiger charge is -1.98. The van der Waals surface area contributed by atoms with Crippen molar-refractivity contribution in [1.29, 1.82) is 0 Å². The molecule has 0 radical (unpaired) electrons. The van der Waals surface area contributed by atoms with Crippen molar-refractivity contribution in [2.75, 3.05) is 0 Å². The first-order valence-electron chi connectivity index (χ1n) is 5.21. The molecule has 0 aliphatic carbocycles. The summed E-state index contributed by atoms with van der Waals surface area (Å²) in [6, 6.07) is 0. The summed E-state index contributed by atoms with van der Waals surface area (Å²) in [6.07, 6.45) is 3.72. The van der Waals surface area contributed by atoms with E-state index < -0.39 is 5.83 Å². The van der Waals surface area contributed by atoms with Crippen molar-refractivity contribution in [3.05, 3.63) is 35.7 Å². The summed E-state index contributed by atoms with van der Waals surface area (Å²) in [6.45, 7) is 12.2. The third kappa shape index (κ3) is 9.13. The summed E-state index contributed by atoms with van der Waals surface area (Å²) in [5, 5.41) is 0. The third-order valence-corrected chi connectivity index (χ3v) is 1.71. The lowest BCUT2D eigenvalue weighted by atomic mass is 10.1. The Morgan fingerprint density at radius 1 is 1.27 bits per heavy atom. The Bertz CT molecular complexity index is 272. The number of ketones is 1. The van der Waals surface area contributed by atoms with E-state index in [1.807, 2.05) is 20.8 Å². The molecular weight excluding hydrogens is 191 g/mol. The van der Waals surface area contributed by atoms with E-state index in [2.05, 4.69) is 6.58 Å². The van der Waals surface area contributed by atoms with E-state index in [4.69, 9.17) is 0 Å². The van der Waals surface area contributed by atoms with Crippen LogP contribution in [-0.2, 0) is 4.79 Å². The Kier molecular flexibility index (Phi) is 10.2. The van der Waals surface area contributed by atoms with E-state index in [9.17, 15) is 9.18 Å². The average Bonchev–Trinajstić information content (AvgIpc) is 2.18. The van der Waals surface area contributed by atoms with Gasteiger partial charge in [-0.2, -0.15) is 0 Å². The van der Waals surface area contributed by atoms with Crippen LogP contribution in [0.3, 0.4) is 0 Å². The zero-order valence-electron chi connectivity index (χ0n) is 10.4. The van der Waals surface area contributed by atoms with Crippen molar-refractivity contribution in [3.63, 3.8) is 0 Å². The van der Waals surface area contributed by atoms with Crippen LogP contribution in [0.5, 0.6) is 0 Å². The highest BCUT2D eigenvalue weighted by Crippen LogP contribution is 2.10. The van der Waals surface area contributed by atoms with Crippen molar-refractivity contribution in [2.24, 2.45) is 0 Å². The van der Waals surface area contributed by atoms with E-state index >= 15 is 0 Å². The molecule has 86 valence electrons. The molecule has 2 heteroatoms. The highest BCUT2D eigenvalue weighted by Gasteiger charge is 1.97. The molecule has 0 amide bonds. The van der Waals surface area contributed by atoms with Crippen molar-refractivity contribution in [1.82, 2.24) is 0 Å². The Morgan fingerprint density at radius 3 is 2.00 bits per heavy atom. The predicted octanol–water partition coefficient (Wildman–Crippen LogP) is 4.37. The van der Waals surface area contributed by atoms with E-state index in [1.54, 1.807) is 13.0 Å². The summed E-state index contributed by atoms with van der Waals surface area (Å²) in [5.41, 5.74) is 1.41. The van der Waals surface area contributed by atoms with Crippen LogP contribution in [0.4, 0.5) is 4.39 Å². The Balaban J connectivity index is 0. The number of carbonyl (C=O) groups is 1. The van der Waals surface area contributed by atoms with E-state index in [0.29, 0.717) is 12.0 Å². The number of halogens is 1. The van der Waals surface area contributed by atoms with Crippen molar-refractivity contribution in [3.8, 4) is 0 Å². The van der Waals surface area contributed by atoms with Gasteiger partial charge in [-0.3, -0.25) is 4.79 Å². The fourth-order valence-electron chi connectivity index (χ4n) is 0.827. The van der Waals surface area contributed by atoms with E-state index in [-0.39, 0.29) is 5.78 Å². The second-order valence-corrected chi connectivity index (χ2v) is 2.90. The monoisotopic (exact) mass is 212 g/mol. The summed E-state index contributed by atoms with van der Waals surface area (Å²) in [7, 11) is 0. The third-order valence-electron chi connectivity index (χ3n) is 1.71. The minimum Gasteiger partial charge on any atom is -0.295 e. The Morgan fingerprint density at radius 2 is 1.73 bits per heavy atom. The number of hydrogen-bond donors (Lipinski definition) is 0. The standard InChI is InChI=1S/C11H15FO.C2H6/c1-5-11(7-9(3)12)6-8(2)10(4)13;1-2/h6-7H,3,5H2,1-2,4H3;1-2H3/b8-6+,11-7+;.